The number of carbonyl (C=O) groups is 3. The average molecular weight is 411 g/mol. The Morgan fingerprint density at radius 2 is 1.73 bits per heavy atom. The largest absolute Gasteiger partial charge is 0.461 e. The van der Waals surface area contributed by atoms with E-state index in [0.717, 1.165) is 5.56 Å². The summed E-state index contributed by atoms with van der Waals surface area (Å²) >= 11 is 0. The summed E-state index contributed by atoms with van der Waals surface area (Å²) in [6.45, 7) is 13.8. The molecule has 0 unspecified atom stereocenters. The summed E-state index contributed by atoms with van der Waals surface area (Å²) in [5.74, 6) is -0.901. The molecule has 30 heavy (non-hydrogen) atoms. The fraction of sp³-hybridized carbons (Fsp3) is 0.375. The van der Waals surface area contributed by atoms with Crippen molar-refractivity contribution in [3.05, 3.63) is 70.6 Å². The number of benzene rings is 1. The summed E-state index contributed by atoms with van der Waals surface area (Å²) in [7, 11) is 0. The maximum Gasteiger partial charge on any atom is 0.355 e. The molecule has 0 saturated carbocycles. The maximum absolute atomic E-state index is 13.2. The first-order valence-electron chi connectivity index (χ1n) is 10.1. The Morgan fingerprint density at radius 3 is 2.27 bits per heavy atom. The van der Waals surface area contributed by atoms with Crippen LogP contribution >= 0.6 is 0 Å². The highest BCUT2D eigenvalue weighted by Gasteiger charge is 2.28. The van der Waals surface area contributed by atoms with Gasteiger partial charge in [-0.05, 0) is 52.3 Å². The van der Waals surface area contributed by atoms with Gasteiger partial charge >= 0.3 is 5.97 Å². The lowest BCUT2D eigenvalue weighted by Gasteiger charge is -2.21. The molecule has 0 aliphatic heterocycles. The molecule has 0 aliphatic rings. The molecular formula is C24H30N2O4. The summed E-state index contributed by atoms with van der Waals surface area (Å²) in [6, 6.07) is 7.23. The third-order valence-electron chi connectivity index (χ3n) is 5.10. The Hall–Kier alpha value is -3.15. The predicted octanol–water partition coefficient (Wildman–Crippen LogP) is 4.12. The van der Waals surface area contributed by atoms with Crippen molar-refractivity contribution in [2.45, 2.75) is 41.2 Å². The van der Waals surface area contributed by atoms with Crippen LogP contribution in [0.1, 0.15) is 61.9 Å². The van der Waals surface area contributed by atoms with Crippen LogP contribution in [-0.2, 0) is 11.3 Å². The average Bonchev–Trinajstić information content (AvgIpc) is 2.97. The Labute approximate surface area is 178 Å². The smallest absolute Gasteiger partial charge is 0.355 e. The molecule has 1 heterocycles. The topological polar surface area (TPSA) is 68.6 Å². The number of esters is 1. The van der Waals surface area contributed by atoms with Crippen LogP contribution in [-0.4, -0.2) is 46.8 Å². The van der Waals surface area contributed by atoms with Gasteiger partial charge in [-0.3, -0.25) is 9.59 Å². The van der Waals surface area contributed by atoms with E-state index in [-0.39, 0.29) is 31.4 Å². The lowest BCUT2D eigenvalue weighted by molar-refractivity contribution is 0.0512. The Balaban J connectivity index is 2.38. The fourth-order valence-corrected chi connectivity index (χ4v) is 3.67. The van der Waals surface area contributed by atoms with Gasteiger partial charge in [-0.2, -0.15) is 0 Å². The first-order valence-corrected chi connectivity index (χ1v) is 10.1. The van der Waals surface area contributed by atoms with Gasteiger partial charge in [0, 0.05) is 29.9 Å². The third kappa shape index (κ3) is 4.70. The highest BCUT2D eigenvalue weighted by atomic mass is 16.5. The van der Waals surface area contributed by atoms with Crippen LogP contribution in [0.25, 0.3) is 0 Å². The number of hydrogen-bond acceptors (Lipinski definition) is 4. The van der Waals surface area contributed by atoms with E-state index in [9.17, 15) is 14.4 Å². The highest BCUT2D eigenvalue weighted by molar-refractivity contribution is 6.06. The molecule has 1 aromatic carbocycles. The van der Waals surface area contributed by atoms with E-state index in [4.69, 9.17) is 4.74 Å². The minimum Gasteiger partial charge on any atom is -0.461 e. The van der Waals surface area contributed by atoms with Crippen molar-refractivity contribution in [1.29, 1.82) is 0 Å². The Morgan fingerprint density at radius 1 is 1.10 bits per heavy atom. The number of aromatic nitrogens is 1. The molecule has 0 atom stereocenters. The van der Waals surface area contributed by atoms with Gasteiger partial charge in [-0.25, -0.2) is 4.79 Å². The Kier molecular flexibility index (Phi) is 7.75. The number of carbonyl (C=O) groups excluding carboxylic acids is 3. The molecule has 2 rings (SSSR count). The van der Waals surface area contributed by atoms with Crippen molar-refractivity contribution in [3.63, 3.8) is 0 Å². The summed E-state index contributed by atoms with van der Waals surface area (Å²) < 4.78 is 6.97. The second-order valence-electron chi connectivity index (χ2n) is 7.16. The first-order chi connectivity index (χ1) is 14.3. The molecule has 2 aromatic rings. The van der Waals surface area contributed by atoms with E-state index in [1.165, 1.54) is 4.90 Å². The zero-order chi connectivity index (χ0) is 22.4. The number of ketones is 1. The molecule has 0 spiro atoms. The number of nitrogens with zero attached hydrogens (tertiary/aromatic N) is 2. The molecule has 0 N–H and O–H groups in total. The van der Waals surface area contributed by atoms with E-state index in [1.807, 2.05) is 32.9 Å². The van der Waals surface area contributed by atoms with E-state index >= 15 is 0 Å². The van der Waals surface area contributed by atoms with Crippen LogP contribution in [0.4, 0.5) is 0 Å². The van der Waals surface area contributed by atoms with Gasteiger partial charge in [0.25, 0.3) is 5.91 Å². The van der Waals surface area contributed by atoms with Crippen molar-refractivity contribution < 1.29 is 19.1 Å². The van der Waals surface area contributed by atoms with Crippen molar-refractivity contribution in [2.24, 2.45) is 0 Å². The second-order valence-corrected chi connectivity index (χ2v) is 7.16. The zero-order valence-corrected chi connectivity index (χ0v) is 18.4. The second kappa shape index (κ2) is 10.1. The van der Waals surface area contributed by atoms with Crippen molar-refractivity contribution >= 4 is 17.7 Å². The van der Waals surface area contributed by atoms with Crippen LogP contribution in [0, 0.1) is 20.8 Å². The molecule has 1 amide bonds. The standard InChI is InChI=1S/C24H30N2O4/c1-7-14-25(23(28)19-12-10-16(4)11-13-19)15-20(27)21-17(5)22(24(29)30-9-3)26(8-2)18(21)6/h7,10-13H,1,8-9,14-15H2,2-6H3. The molecular weight excluding hydrogens is 380 g/mol. The predicted molar refractivity (Wildman–Crippen MR) is 117 cm³/mol. The number of ether oxygens (including phenoxy) is 1. The van der Waals surface area contributed by atoms with Gasteiger partial charge < -0.3 is 14.2 Å². The monoisotopic (exact) mass is 410 g/mol. The first kappa shape index (κ1) is 23.1. The normalized spacial score (nSPS) is 10.6. The van der Waals surface area contributed by atoms with Crippen molar-refractivity contribution in [1.82, 2.24) is 9.47 Å². The number of aryl methyl sites for hydroxylation is 1. The van der Waals surface area contributed by atoms with Crippen LogP contribution in [0.2, 0.25) is 0 Å². The summed E-state index contributed by atoms with van der Waals surface area (Å²) in [5.41, 5.74) is 3.70. The molecule has 6 heteroatoms. The minimum atomic E-state index is -0.447. The van der Waals surface area contributed by atoms with Crippen LogP contribution in [0.15, 0.2) is 36.9 Å². The lowest BCUT2D eigenvalue weighted by Crippen LogP contribution is -2.36. The SMILES string of the molecule is C=CCN(CC(=O)c1c(C)c(C(=O)OCC)n(CC)c1C)C(=O)c1ccc(C)cc1. The Bertz CT molecular complexity index is 955. The molecule has 160 valence electrons. The summed E-state index contributed by atoms with van der Waals surface area (Å²) in [4.78, 5) is 40.1. The van der Waals surface area contributed by atoms with Crippen molar-refractivity contribution in [2.75, 3.05) is 19.7 Å². The number of hydrogen-bond donors (Lipinski definition) is 0. The van der Waals surface area contributed by atoms with E-state index in [2.05, 4.69) is 6.58 Å². The molecule has 0 aliphatic carbocycles. The minimum absolute atomic E-state index is 0.101. The zero-order valence-electron chi connectivity index (χ0n) is 18.4. The maximum atomic E-state index is 13.2. The van der Waals surface area contributed by atoms with Crippen LogP contribution in [0.5, 0.6) is 0 Å². The van der Waals surface area contributed by atoms with Crippen LogP contribution in [0.3, 0.4) is 0 Å². The molecule has 0 radical (unpaired) electrons. The third-order valence-corrected chi connectivity index (χ3v) is 5.10. The lowest BCUT2D eigenvalue weighted by atomic mass is 10.0. The number of amides is 1. The molecule has 0 bridgehead atoms. The summed E-state index contributed by atoms with van der Waals surface area (Å²) in [5, 5.41) is 0. The molecule has 0 saturated heterocycles. The van der Waals surface area contributed by atoms with E-state index < -0.39 is 5.97 Å². The molecule has 0 fully saturated rings. The molecule has 1 aromatic heterocycles. The van der Waals surface area contributed by atoms with Crippen LogP contribution < -0.4 is 0 Å². The van der Waals surface area contributed by atoms with Gasteiger partial charge in [0.15, 0.2) is 5.78 Å². The van der Waals surface area contributed by atoms with Gasteiger partial charge in [-0.15, -0.1) is 6.58 Å². The van der Waals surface area contributed by atoms with Gasteiger partial charge in [0.1, 0.15) is 5.69 Å². The highest BCUT2D eigenvalue weighted by Crippen LogP contribution is 2.24. The fourth-order valence-electron chi connectivity index (χ4n) is 3.67. The summed E-state index contributed by atoms with van der Waals surface area (Å²) in [6.07, 6.45) is 1.60. The van der Waals surface area contributed by atoms with E-state index in [1.54, 1.807) is 36.6 Å². The van der Waals surface area contributed by atoms with Gasteiger partial charge in [-0.1, -0.05) is 23.8 Å². The van der Waals surface area contributed by atoms with Gasteiger partial charge in [0.2, 0.25) is 0 Å². The van der Waals surface area contributed by atoms with Crippen molar-refractivity contribution in [3.8, 4) is 0 Å². The molecule has 6 nitrogen and oxygen atoms in total. The number of Topliss-reactive ketones (excluding diaryl/α,β-unsaturated/α-hetero) is 1. The van der Waals surface area contributed by atoms with Gasteiger partial charge in [0.05, 0.1) is 13.2 Å². The number of rotatable bonds is 9. The quantitative estimate of drug-likeness (QED) is 0.354. The van der Waals surface area contributed by atoms with E-state index in [0.29, 0.717) is 34.6 Å².